The summed E-state index contributed by atoms with van der Waals surface area (Å²) in [4.78, 5) is 25.0. The fraction of sp³-hybridized carbons (Fsp3) is 0.529. The van der Waals surface area contributed by atoms with Crippen LogP contribution in [0.1, 0.15) is 47.1 Å². The SMILES string of the molecule is CC(C)(C)OC(=O)N1Cc2ccccc2N1C(=O)OC(C)(C)C. The molecule has 0 aromatic heterocycles. The molecule has 0 bridgehead atoms. The standard InChI is InChI=1S/C17H24N2O4/c1-16(2,3)22-14(20)18-11-12-9-7-8-10-13(12)19(18)15(21)23-17(4,5)6/h7-10H,11H2,1-6H3. The molecule has 0 saturated heterocycles. The van der Waals surface area contributed by atoms with Gasteiger partial charge in [-0.25, -0.2) is 14.6 Å². The van der Waals surface area contributed by atoms with Crippen molar-refractivity contribution in [1.82, 2.24) is 5.01 Å². The summed E-state index contributed by atoms with van der Waals surface area (Å²) in [6.07, 6.45) is -1.19. The largest absolute Gasteiger partial charge is 0.442 e. The van der Waals surface area contributed by atoms with E-state index in [1.807, 2.05) is 18.2 Å². The lowest BCUT2D eigenvalue weighted by molar-refractivity contribution is 0.0142. The normalized spacial score (nSPS) is 14.5. The molecule has 0 N–H and O–H groups in total. The summed E-state index contributed by atoms with van der Waals surface area (Å²) in [5, 5.41) is 2.51. The molecule has 0 spiro atoms. The molecule has 6 nitrogen and oxygen atoms in total. The van der Waals surface area contributed by atoms with Gasteiger partial charge in [0.1, 0.15) is 11.2 Å². The van der Waals surface area contributed by atoms with Gasteiger partial charge in [-0.1, -0.05) is 18.2 Å². The van der Waals surface area contributed by atoms with Crippen LogP contribution >= 0.6 is 0 Å². The van der Waals surface area contributed by atoms with Crippen LogP contribution in [-0.4, -0.2) is 28.4 Å². The van der Waals surface area contributed by atoms with E-state index in [4.69, 9.17) is 9.47 Å². The Morgan fingerprint density at radius 2 is 1.43 bits per heavy atom. The lowest BCUT2D eigenvalue weighted by Crippen LogP contribution is -2.49. The minimum atomic E-state index is -0.659. The summed E-state index contributed by atoms with van der Waals surface area (Å²) in [7, 11) is 0. The Hall–Kier alpha value is -2.24. The van der Waals surface area contributed by atoms with Crippen molar-refractivity contribution in [3.8, 4) is 0 Å². The van der Waals surface area contributed by atoms with Crippen LogP contribution in [0.2, 0.25) is 0 Å². The maximum atomic E-state index is 12.6. The number of rotatable bonds is 0. The Labute approximate surface area is 136 Å². The van der Waals surface area contributed by atoms with E-state index >= 15 is 0 Å². The molecule has 0 unspecified atom stereocenters. The first kappa shape index (κ1) is 17.1. The van der Waals surface area contributed by atoms with Crippen molar-refractivity contribution in [1.29, 1.82) is 0 Å². The molecule has 1 heterocycles. The fourth-order valence-electron chi connectivity index (χ4n) is 2.18. The lowest BCUT2D eigenvalue weighted by Gasteiger charge is -2.32. The highest BCUT2D eigenvalue weighted by Gasteiger charge is 2.39. The first-order valence-corrected chi connectivity index (χ1v) is 7.59. The number of fused-ring (bicyclic) bond motifs is 1. The molecule has 0 aliphatic carbocycles. The Morgan fingerprint density at radius 3 is 2.00 bits per heavy atom. The number of carbonyl (C=O) groups is 2. The van der Waals surface area contributed by atoms with Crippen LogP contribution in [0.4, 0.5) is 15.3 Å². The molecular weight excluding hydrogens is 296 g/mol. The van der Waals surface area contributed by atoms with Crippen molar-refractivity contribution < 1.29 is 19.1 Å². The first-order valence-electron chi connectivity index (χ1n) is 7.59. The third-order valence-electron chi connectivity index (χ3n) is 2.95. The van der Waals surface area contributed by atoms with Crippen molar-refractivity contribution in [2.75, 3.05) is 5.01 Å². The second-order valence-corrected chi connectivity index (χ2v) is 7.46. The Bertz CT molecular complexity index is 614. The smallest absolute Gasteiger partial charge is 0.434 e. The number of para-hydroxylation sites is 1. The minimum absolute atomic E-state index is 0.268. The Morgan fingerprint density at radius 1 is 0.913 bits per heavy atom. The van der Waals surface area contributed by atoms with Crippen LogP contribution in [0.25, 0.3) is 0 Å². The van der Waals surface area contributed by atoms with Gasteiger partial charge < -0.3 is 9.47 Å². The van der Waals surface area contributed by atoms with Gasteiger partial charge in [0.15, 0.2) is 0 Å². The summed E-state index contributed by atoms with van der Waals surface area (Å²) in [5.74, 6) is 0. The van der Waals surface area contributed by atoms with Crippen LogP contribution in [0.5, 0.6) is 0 Å². The minimum Gasteiger partial charge on any atom is -0.442 e. The molecule has 6 heteroatoms. The number of hydrogen-bond acceptors (Lipinski definition) is 4. The number of nitrogens with zero attached hydrogens (tertiary/aromatic N) is 2. The molecule has 2 rings (SSSR count). The summed E-state index contributed by atoms with van der Waals surface area (Å²) >= 11 is 0. The van der Waals surface area contributed by atoms with Crippen molar-refractivity contribution >= 4 is 17.9 Å². The highest BCUT2D eigenvalue weighted by Crippen LogP contribution is 2.33. The number of anilines is 1. The average Bonchev–Trinajstić information content (AvgIpc) is 2.73. The van der Waals surface area contributed by atoms with Crippen molar-refractivity contribution in [3.63, 3.8) is 0 Å². The molecule has 1 aromatic carbocycles. The quantitative estimate of drug-likeness (QED) is 0.722. The Balaban J connectivity index is 2.31. The van der Waals surface area contributed by atoms with Crippen LogP contribution < -0.4 is 5.01 Å². The van der Waals surface area contributed by atoms with Gasteiger partial charge >= 0.3 is 12.2 Å². The van der Waals surface area contributed by atoms with Crippen molar-refractivity contribution in [3.05, 3.63) is 29.8 Å². The molecule has 0 saturated carbocycles. The predicted molar refractivity (Wildman–Crippen MR) is 86.9 cm³/mol. The zero-order valence-electron chi connectivity index (χ0n) is 14.5. The molecule has 1 aromatic rings. The van der Waals surface area contributed by atoms with Crippen molar-refractivity contribution in [2.45, 2.75) is 59.3 Å². The zero-order chi connectivity index (χ0) is 17.4. The van der Waals surface area contributed by atoms with Gasteiger partial charge in [0.25, 0.3) is 0 Å². The molecule has 0 atom stereocenters. The number of carbonyl (C=O) groups excluding carboxylic acids is 2. The Kier molecular flexibility index (Phi) is 4.28. The monoisotopic (exact) mass is 320 g/mol. The lowest BCUT2D eigenvalue weighted by atomic mass is 10.2. The van der Waals surface area contributed by atoms with Gasteiger partial charge in [0.05, 0.1) is 12.2 Å². The summed E-state index contributed by atoms with van der Waals surface area (Å²) in [6.45, 7) is 11.0. The number of hydrazine groups is 1. The van der Waals surface area contributed by atoms with Crippen LogP contribution in [-0.2, 0) is 16.0 Å². The van der Waals surface area contributed by atoms with E-state index in [1.165, 1.54) is 10.0 Å². The molecule has 0 fully saturated rings. The molecular formula is C17H24N2O4. The number of amides is 2. The topological polar surface area (TPSA) is 59.1 Å². The molecule has 126 valence electrons. The highest BCUT2D eigenvalue weighted by molar-refractivity contribution is 5.93. The van der Waals surface area contributed by atoms with Crippen molar-refractivity contribution in [2.24, 2.45) is 0 Å². The third kappa shape index (κ3) is 4.15. The third-order valence-corrected chi connectivity index (χ3v) is 2.95. The molecule has 1 aliphatic rings. The van der Waals surface area contributed by atoms with Crippen LogP contribution in [0.15, 0.2) is 24.3 Å². The number of hydrogen-bond donors (Lipinski definition) is 0. The van der Waals surface area contributed by atoms with Crippen LogP contribution in [0, 0.1) is 0 Å². The van der Waals surface area contributed by atoms with Gasteiger partial charge in [0, 0.05) is 0 Å². The maximum Gasteiger partial charge on any atom is 0.434 e. The fourth-order valence-corrected chi connectivity index (χ4v) is 2.18. The van der Waals surface area contributed by atoms with E-state index in [1.54, 1.807) is 47.6 Å². The summed E-state index contributed by atoms with van der Waals surface area (Å²) < 4.78 is 10.8. The van der Waals surface area contributed by atoms with Gasteiger partial charge in [0.2, 0.25) is 0 Å². The van der Waals surface area contributed by atoms with E-state index in [9.17, 15) is 9.59 Å². The molecule has 23 heavy (non-hydrogen) atoms. The number of ether oxygens (including phenoxy) is 2. The second kappa shape index (κ2) is 5.76. The van der Waals surface area contributed by atoms with E-state index in [0.717, 1.165) is 5.56 Å². The van der Waals surface area contributed by atoms with E-state index in [-0.39, 0.29) is 6.54 Å². The second-order valence-electron chi connectivity index (χ2n) is 7.46. The summed E-state index contributed by atoms with van der Waals surface area (Å²) in [6, 6.07) is 7.33. The molecule has 1 aliphatic heterocycles. The zero-order valence-corrected chi connectivity index (χ0v) is 14.5. The van der Waals surface area contributed by atoms with Gasteiger partial charge in [-0.15, -0.1) is 0 Å². The highest BCUT2D eigenvalue weighted by atomic mass is 16.6. The number of benzene rings is 1. The van der Waals surface area contributed by atoms with Gasteiger partial charge in [-0.05, 0) is 53.2 Å². The van der Waals surface area contributed by atoms with E-state index < -0.39 is 23.4 Å². The average molecular weight is 320 g/mol. The summed E-state index contributed by atoms with van der Waals surface area (Å²) in [5.41, 5.74) is 0.191. The van der Waals surface area contributed by atoms with Gasteiger partial charge in [-0.3, -0.25) is 0 Å². The first-order chi connectivity index (χ1) is 10.5. The van der Waals surface area contributed by atoms with Gasteiger partial charge in [-0.2, -0.15) is 5.01 Å². The molecule has 0 radical (unpaired) electrons. The van der Waals surface area contributed by atoms with E-state index in [0.29, 0.717) is 5.69 Å². The van der Waals surface area contributed by atoms with E-state index in [2.05, 4.69) is 0 Å². The predicted octanol–water partition coefficient (Wildman–Crippen LogP) is 4.09. The maximum absolute atomic E-state index is 12.6. The molecule has 2 amide bonds. The van der Waals surface area contributed by atoms with Crippen LogP contribution in [0.3, 0.4) is 0 Å².